The number of rotatable bonds is 4. The molecule has 18 heavy (non-hydrogen) atoms. The molecule has 1 aliphatic rings. The third-order valence-corrected chi connectivity index (χ3v) is 3.65. The Balaban J connectivity index is 1.90. The smallest absolute Gasteiger partial charge is 0.239 e. The molecular weight excluding hydrogens is 224 g/mol. The summed E-state index contributed by atoms with van der Waals surface area (Å²) in [7, 11) is 1.90. The molecule has 1 amide bonds. The maximum absolute atomic E-state index is 12.2. The Hall–Kier alpha value is -1.35. The van der Waals surface area contributed by atoms with Gasteiger partial charge in [0, 0.05) is 13.6 Å². The summed E-state index contributed by atoms with van der Waals surface area (Å²) in [5.74, 6) is 0.608. The molecule has 1 N–H and O–H groups in total. The van der Waals surface area contributed by atoms with Crippen LogP contribution in [0, 0.1) is 0 Å². The molecule has 0 aliphatic carbocycles. The van der Waals surface area contributed by atoms with Crippen LogP contribution < -0.4 is 5.32 Å². The SMILES string of the molecule is CC(CN(C)C(=O)C1CCCN1)c1ccccc1. The van der Waals surface area contributed by atoms with Gasteiger partial charge in [-0.25, -0.2) is 0 Å². The molecule has 1 aromatic rings. The van der Waals surface area contributed by atoms with Crippen molar-refractivity contribution in [1.82, 2.24) is 10.2 Å². The third kappa shape index (κ3) is 3.10. The summed E-state index contributed by atoms with van der Waals surface area (Å²) in [5, 5.41) is 3.26. The van der Waals surface area contributed by atoms with E-state index in [0.29, 0.717) is 5.92 Å². The number of carbonyl (C=O) groups excluding carboxylic acids is 1. The van der Waals surface area contributed by atoms with E-state index in [1.165, 1.54) is 5.56 Å². The van der Waals surface area contributed by atoms with Gasteiger partial charge in [0.1, 0.15) is 0 Å². The molecule has 1 fully saturated rings. The Morgan fingerprint density at radius 3 is 2.78 bits per heavy atom. The van der Waals surface area contributed by atoms with E-state index in [1.807, 2.05) is 30.1 Å². The van der Waals surface area contributed by atoms with E-state index >= 15 is 0 Å². The van der Waals surface area contributed by atoms with Crippen LogP contribution in [0.5, 0.6) is 0 Å². The zero-order chi connectivity index (χ0) is 13.0. The molecule has 1 aliphatic heterocycles. The van der Waals surface area contributed by atoms with Gasteiger partial charge in [-0.3, -0.25) is 4.79 Å². The summed E-state index contributed by atoms with van der Waals surface area (Å²) in [5.41, 5.74) is 1.29. The zero-order valence-electron chi connectivity index (χ0n) is 11.2. The average molecular weight is 246 g/mol. The average Bonchev–Trinajstić information content (AvgIpc) is 2.92. The van der Waals surface area contributed by atoms with Crippen LogP contribution in [0.4, 0.5) is 0 Å². The van der Waals surface area contributed by atoms with E-state index in [-0.39, 0.29) is 11.9 Å². The maximum atomic E-state index is 12.2. The molecule has 0 aromatic heterocycles. The lowest BCUT2D eigenvalue weighted by Gasteiger charge is -2.24. The van der Waals surface area contributed by atoms with Crippen molar-refractivity contribution in [2.45, 2.75) is 31.7 Å². The summed E-state index contributed by atoms with van der Waals surface area (Å²) in [4.78, 5) is 14.0. The van der Waals surface area contributed by atoms with Crippen molar-refractivity contribution in [3.8, 4) is 0 Å². The first-order valence-corrected chi connectivity index (χ1v) is 6.72. The minimum absolute atomic E-state index is 0.0398. The molecule has 1 heterocycles. The largest absolute Gasteiger partial charge is 0.344 e. The monoisotopic (exact) mass is 246 g/mol. The van der Waals surface area contributed by atoms with Crippen molar-refractivity contribution in [1.29, 1.82) is 0 Å². The number of amides is 1. The van der Waals surface area contributed by atoms with Gasteiger partial charge in [0.25, 0.3) is 0 Å². The van der Waals surface area contributed by atoms with E-state index in [9.17, 15) is 4.79 Å². The number of hydrogen-bond acceptors (Lipinski definition) is 2. The van der Waals surface area contributed by atoms with Gasteiger partial charge in [0.2, 0.25) is 5.91 Å². The van der Waals surface area contributed by atoms with Gasteiger partial charge in [0.15, 0.2) is 0 Å². The summed E-state index contributed by atoms with van der Waals surface area (Å²) < 4.78 is 0. The van der Waals surface area contributed by atoms with Crippen LogP contribution in [0.15, 0.2) is 30.3 Å². The summed E-state index contributed by atoms with van der Waals surface area (Å²) in [6, 6.07) is 10.4. The number of hydrogen-bond donors (Lipinski definition) is 1. The second-order valence-electron chi connectivity index (χ2n) is 5.18. The van der Waals surface area contributed by atoms with E-state index in [0.717, 1.165) is 25.9 Å². The van der Waals surface area contributed by atoms with E-state index in [4.69, 9.17) is 0 Å². The van der Waals surface area contributed by atoms with Crippen LogP contribution >= 0.6 is 0 Å². The van der Waals surface area contributed by atoms with Crippen LogP contribution in [0.3, 0.4) is 0 Å². The minimum Gasteiger partial charge on any atom is -0.344 e. The Morgan fingerprint density at radius 2 is 2.17 bits per heavy atom. The molecule has 1 saturated heterocycles. The van der Waals surface area contributed by atoms with Crippen molar-refractivity contribution in [2.24, 2.45) is 0 Å². The lowest BCUT2D eigenvalue weighted by molar-refractivity contribution is -0.131. The fraction of sp³-hybridized carbons (Fsp3) is 0.533. The predicted molar refractivity (Wildman–Crippen MR) is 73.5 cm³/mol. The quantitative estimate of drug-likeness (QED) is 0.881. The van der Waals surface area contributed by atoms with Crippen molar-refractivity contribution in [3.63, 3.8) is 0 Å². The maximum Gasteiger partial charge on any atom is 0.239 e. The number of nitrogens with one attached hydrogen (secondary N) is 1. The van der Waals surface area contributed by atoms with Crippen LogP contribution in [-0.4, -0.2) is 37.0 Å². The fourth-order valence-corrected chi connectivity index (χ4v) is 2.55. The Bertz CT molecular complexity index is 385. The molecule has 98 valence electrons. The highest BCUT2D eigenvalue weighted by Gasteiger charge is 2.25. The van der Waals surface area contributed by atoms with Gasteiger partial charge >= 0.3 is 0 Å². The van der Waals surface area contributed by atoms with Crippen molar-refractivity contribution < 1.29 is 4.79 Å². The first-order valence-electron chi connectivity index (χ1n) is 6.72. The molecule has 3 heteroatoms. The highest BCUT2D eigenvalue weighted by atomic mass is 16.2. The zero-order valence-corrected chi connectivity index (χ0v) is 11.2. The second kappa shape index (κ2) is 6.01. The molecule has 0 spiro atoms. The van der Waals surface area contributed by atoms with Crippen LogP contribution in [-0.2, 0) is 4.79 Å². The molecule has 3 nitrogen and oxygen atoms in total. The first-order chi connectivity index (χ1) is 8.68. The fourth-order valence-electron chi connectivity index (χ4n) is 2.55. The Morgan fingerprint density at radius 1 is 1.44 bits per heavy atom. The van der Waals surface area contributed by atoms with E-state index in [2.05, 4.69) is 24.4 Å². The van der Waals surface area contributed by atoms with Gasteiger partial charge in [-0.1, -0.05) is 37.3 Å². The molecule has 2 rings (SSSR count). The number of benzene rings is 1. The Kier molecular flexibility index (Phi) is 4.37. The van der Waals surface area contributed by atoms with Crippen molar-refractivity contribution >= 4 is 5.91 Å². The second-order valence-corrected chi connectivity index (χ2v) is 5.18. The standard InChI is InChI=1S/C15H22N2O/c1-12(13-7-4-3-5-8-13)11-17(2)15(18)14-9-6-10-16-14/h3-5,7-8,12,14,16H,6,9-11H2,1-2H3. The molecule has 0 saturated carbocycles. The van der Waals surface area contributed by atoms with E-state index < -0.39 is 0 Å². The van der Waals surface area contributed by atoms with Crippen LogP contribution in [0.25, 0.3) is 0 Å². The first kappa shape index (κ1) is 13.1. The Labute approximate surface area is 109 Å². The van der Waals surface area contributed by atoms with Crippen molar-refractivity contribution in [2.75, 3.05) is 20.1 Å². The number of nitrogens with zero attached hydrogens (tertiary/aromatic N) is 1. The topological polar surface area (TPSA) is 32.3 Å². The lowest BCUT2D eigenvalue weighted by Crippen LogP contribution is -2.42. The normalized spacial score (nSPS) is 20.7. The minimum atomic E-state index is 0.0398. The van der Waals surface area contributed by atoms with Crippen LogP contribution in [0.2, 0.25) is 0 Å². The van der Waals surface area contributed by atoms with E-state index in [1.54, 1.807) is 0 Å². The third-order valence-electron chi connectivity index (χ3n) is 3.65. The lowest BCUT2D eigenvalue weighted by atomic mass is 10.0. The molecule has 0 radical (unpaired) electrons. The summed E-state index contributed by atoms with van der Waals surface area (Å²) in [6.45, 7) is 3.92. The highest BCUT2D eigenvalue weighted by molar-refractivity contribution is 5.82. The summed E-state index contributed by atoms with van der Waals surface area (Å²) >= 11 is 0. The highest BCUT2D eigenvalue weighted by Crippen LogP contribution is 2.16. The number of carbonyl (C=O) groups is 1. The van der Waals surface area contributed by atoms with Gasteiger partial charge in [-0.05, 0) is 30.9 Å². The predicted octanol–water partition coefficient (Wildman–Crippen LogP) is 2.00. The van der Waals surface area contributed by atoms with Crippen LogP contribution in [0.1, 0.15) is 31.2 Å². The molecule has 2 unspecified atom stereocenters. The van der Waals surface area contributed by atoms with Gasteiger partial charge < -0.3 is 10.2 Å². The van der Waals surface area contributed by atoms with Gasteiger partial charge in [-0.2, -0.15) is 0 Å². The molecular formula is C15H22N2O. The van der Waals surface area contributed by atoms with Crippen molar-refractivity contribution in [3.05, 3.63) is 35.9 Å². The molecule has 1 aromatic carbocycles. The summed E-state index contributed by atoms with van der Waals surface area (Å²) in [6.07, 6.45) is 2.08. The molecule has 0 bridgehead atoms. The number of likely N-dealkylation sites (N-methyl/N-ethyl adjacent to an activating group) is 1. The van der Waals surface area contributed by atoms with Gasteiger partial charge in [-0.15, -0.1) is 0 Å². The molecule has 2 atom stereocenters. The van der Waals surface area contributed by atoms with Gasteiger partial charge in [0.05, 0.1) is 6.04 Å².